The number of rotatable bonds is 6. The Kier molecular flexibility index (Phi) is 5.74. The first kappa shape index (κ1) is 22.3. The van der Waals surface area contributed by atoms with Crippen molar-refractivity contribution in [3.05, 3.63) is 118 Å². The minimum atomic E-state index is -0.419. The number of hydrogen-bond acceptors (Lipinski definition) is 4. The highest BCUT2D eigenvalue weighted by Crippen LogP contribution is 2.31. The van der Waals surface area contributed by atoms with Gasteiger partial charge < -0.3 is 5.32 Å². The van der Waals surface area contributed by atoms with E-state index in [9.17, 15) is 14.4 Å². The van der Waals surface area contributed by atoms with Gasteiger partial charge in [-0.25, -0.2) is 4.90 Å². The monoisotopic (exact) mass is 464 g/mol. The molecule has 0 saturated carbocycles. The lowest BCUT2D eigenvalue weighted by Gasteiger charge is -2.17. The number of benzene rings is 3. The molecule has 3 aromatic carbocycles. The van der Waals surface area contributed by atoms with Crippen LogP contribution >= 0.6 is 0 Å². The van der Waals surface area contributed by atoms with Crippen LogP contribution in [0.2, 0.25) is 0 Å². The third kappa shape index (κ3) is 4.24. The van der Waals surface area contributed by atoms with Crippen LogP contribution in [0, 0.1) is 13.8 Å². The summed E-state index contributed by atoms with van der Waals surface area (Å²) in [6.07, 6.45) is 3.62. The third-order valence-electron chi connectivity index (χ3n) is 6.20. The molecular weight excluding hydrogens is 440 g/mol. The number of nitrogens with zero attached hydrogens (tertiary/aromatic N) is 3. The molecule has 1 aliphatic rings. The second-order valence-corrected chi connectivity index (χ2v) is 8.65. The number of anilines is 1. The van der Waals surface area contributed by atoms with E-state index in [1.54, 1.807) is 18.3 Å². The molecule has 5 rings (SSSR count). The molecule has 0 atom stereocenters. The number of nitrogens with one attached hydrogen (secondary N) is 1. The fraction of sp³-hybridized carbons (Fsp3) is 0.143. The van der Waals surface area contributed by atoms with E-state index in [1.165, 1.54) is 11.0 Å². The SMILES string of the molecule is Cc1ccc(C)c(N2C(=O)c3ccc(C(=O)NCc4ccccc4Cn4cccn4)cc3C2=O)c1. The molecule has 0 bridgehead atoms. The molecule has 3 amide bonds. The second kappa shape index (κ2) is 9.02. The van der Waals surface area contributed by atoms with E-state index in [-0.39, 0.29) is 17.4 Å². The van der Waals surface area contributed by atoms with E-state index in [4.69, 9.17) is 0 Å². The number of imide groups is 1. The highest BCUT2D eigenvalue weighted by atomic mass is 16.2. The molecule has 7 nitrogen and oxygen atoms in total. The number of carbonyl (C=O) groups excluding carboxylic acids is 3. The zero-order valence-corrected chi connectivity index (χ0v) is 19.5. The minimum absolute atomic E-state index is 0.239. The van der Waals surface area contributed by atoms with Crippen LogP contribution < -0.4 is 10.2 Å². The Labute approximate surface area is 203 Å². The van der Waals surface area contributed by atoms with E-state index in [0.717, 1.165) is 22.3 Å². The summed E-state index contributed by atoms with van der Waals surface area (Å²) in [5.74, 6) is -1.11. The number of aromatic nitrogens is 2. The smallest absolute Gasteiger partial charge is 0.266 e. The average molecular weight is 465 g/mol. The molecule has 0 fully saturated rings. The predicted octanol–water partition coefficient (Wildman–Crippen LogP) is 4.28. The van der Waals surface area contributed by atoms with Crippen LogP contribution in [0.25, 0.3) is 0 Å². The van der Waals surface area contributed by atoms with Gasteiger partial charge in [0.25, 0.3) is 17.7 Å². The summed E-state index contributed by atoms with van der Waals surface area (Å²) in [6, 6.07) is 20.0. The molecule has 2 heterocycles. The summed E-state index contributed by atoms with van der Waals surface area (Å²) >= 11 is 0. The highest BCUT2D eigenvalue weighted by molar-refractivity contribution is 6.35. The van der Waals surface area contributed by atoms with Crippen molar-refractivity contribution in [2.45, 2.75) is 26.9 Å². The van der Waals surface area contributed by atoms with Crippen molar-refractivity contribution in [3.8, 4) is 0 Å². The summed E-state index contributed by atoms with van der Waals surface area (Å²) in [6.45, 7) is 4.70. The summed E-state index contributed by atoms with van der Waals surface area (Å²) in [5.41, 5.74) is 5.25. The summed E-state index contributed by atoms with van der Waals surface area (Å²) < 4.78 is 1.82. The molecule has 0 spiro atoms. The molecule has 174 valence electrons. The Morgan fingerprint density at radius 1 is 0.886 bits per heavy atom. The first-order chi connectivity index (χ1) is 16.9. The lowest BCUT2D eigenvalue weighted by Crippen LogP contribution is -2.30. The van der Waals surface area contributed by atoms with Gasteiger partial charge in [-0.05, 0) is 66.4 Å². The van der Waals surface area contributed by atoms with Gasteiger partial charge in [0.1, 0.15) is 0 Å². The quantitative estimate of drug-likeness (QED) is 0.432. The molecule has 7 heteroatoms. The molecule has 0 radical (unpaired) electrons. The summed E-state index contributed by atoms with van der Waals surface area (Å²) in [4.78, 5) is 40.4. The third-order valence-corrected chi connectivity index (χ3v) is 6.20. The Morgan fingerprint density at radius 3 is 2.43 bits per heavy atom. The first-order valence-electron chi connectivity index (χ1n) is 11.3. The largest absolute Gasteiger partial charge is 0.348 e. The number of aryl methyl sites for hydroxylation is 2. The van der Waals surface area contributed by atoms with Gasteiger partial charge in [-0.2, -0.15) is 5.10 Å². The number of fused-ring (bicyclic) bond motifs is 1. The maximum Gasteiger partial charge on any atom is 0.266 e. The van der Waals surface area contributed by atoms with Crippen molar-refractivity contribution in [2.75, 3.05) is 4.90 Å². The zero-order chi connectivity index (χ0) is 24.5. The van der Waals surface area contributed by atoms with Crippen LogP contribution in [-0.4, -0.2) is 27.5 Å². The van der Waals surface area contributed by atoms with Crippen LogP contribution in [0.3, 0.4) is 0 Å². The van der Waals surface area contributed by atoms with Gasteiger partial charge in [-0.15, -0.1) is 0 Å². The van der Waals surface area contributed by atoms with Gasteiger partial charge >= 0.3 is 0 Å². The van der Waals surface area contributed by atoms with Crippen LogP contribution in [-0.2, 0) is 13.1 Å². The average Bonchev–Trinajstić information content (AvgIpc) is 3.46. The Hall–Kier alpha value is -4.52. The Morgan fingerprint density at radius 2 is 1.66 bits per heavy atom. The minimum Gasteiger partial charge on any atom is -0.348 e. The molecule has 1 aromatic heterocycles. The molecule has 35 heavy (non-hydrogen) atoms. The van der Waals surface area contributed by atoms with Crippen LogP contribution in [0.15, 0.2) is 79.1 Å². The van der Waals surface area contributed by atoms with E-state index in [2.05, 4.69) is 10.4 Å². The maximum absolute atomic E-state index is 13.2. The van der Waals surface area contributed by atoms with Crippen molar-refractivity contribution < 1.29 is 14.4 Å². The Balaban J connectivity index is 1.35. The van der Waals surface area contributed by atoms with Crippen molar-refractivity contribution in [1.82, 2.24) is 15.1 Å². The predicted molar refractivity (Wildman–Crippen MR) is 132 cm³/mol. The lowest BCUT2D eigenvalue weighted by atomic mass is 10.0. The number of hydrogen-bond donors (Lipinski definition) is 1. The zero-order valence-electron chi connectivity index (χ0n) is 19.5. The van der Waals surface area contributed by atoms with Crippen LogP contribution in [0.1, 0.15) is 53.3 Å². The molecule has 0 unspecified atom stereocenters. The van der Waals surface area contributed by atoms with E-state index >= 15 is 0 Å². The molecule has 1 N–H and O–H groups in total. The van der Waals surface area contributed by atoms with Gasteiger partial charge in [0.2, 0.25) is 0 Å². The summed E-state index contributed by atoms with van der Waals surface area (Å²) in [5, 5.41) is 7.18. The van der Waals surface area contributed by atoms with Gasteiger partial charge in [-0.3, -0.25) is 19.1 Å². The normalized spacial score (nSPS) is 12.7. The second-order valence-electron chi connectivity index (χ2n) is 8.65. The van der Waals surface area contributed by atoms with Crippen molar-refractivity contribution in [2.24, 2.45) is 0 Å². The van der Waals surface area contributed by atoms with Crippen LogP contribution in [0.5, 0.6) is 0 Å². The van der Waals surface area contributed by atoms with Gasteiger partial charge in [-0.1, -0.05) is 36.4 Å². The van der Waals surface area contributed by atoms with E-state index < -0.39 is 5.91 Å². The highest BCUT2D eigenvalue weighted by Gasteiger charge is 2.37. The fourth-order valence-corrected chi connectivity index (χ4v) is 4.29. The van der Waals surface area contributed by atoms with Gasteiger partial charge in [0.15, 0.2) is 0 Å². The molecule has 0 saturated heterocycles. The molecule has 0 aliphatic carbocycles. The van der Waals surface area contributed by atoms with Crippen molar-refractivity contribution in [1.29, 1.82) is 0 Å². The van der Waals surface area contributed by atoms with Crippen molar-refractivity contribution in [3.63, 3.8) is 0 Å². The van der Waals surface area contributed by atoms with E-state index in [1.807, 2.05) is 73.3 Å². The molecule has 1 aliphatic heterocycles. The topological polar surface area (TPSA) is 84.3 Å². The number of amides is 3. The summed E-state index contributed by atoms with van der Waals surface area (Å²) in [7, 11) is 0. The molecule has 4 aromatic rings. The van der Waals surface area contributed by atoms with Crippen molar-refractivity contribution >= 4 is 23.4 Å². The van der Waals surface area contributed by atoms with E-state index in [0.29, 0.717) is 29.9 Å². The van der Waals surface area contributed by atoms with Gasteiger partial charge in [0.05, 0.1) is 23.4 Å². The first-order valence-corrected chi connectivity index (χ1v) is 11.3. The maximum atomic E-state index is 13.2. The molecular formula is C28H24N4O3. The van der Waals surface area contributed by atoms with Crippen LogP contribution in [0.4, 0.5) is 5.69 Å². The van der Waals surface area contributed by atoms with Gasteiger partial charge in [0, 0.05) is 24.5 Å². The number of carbonyl (C=O) groups is 3. The Bertz CT molecular complexity index is 1460. The lowest BCUT2D eigenvalue weighted by molar-refractivity contribution is 0.0923. The fourth-order valence-electron chi connectivity index (χ4n) is 4.29. The standard InChI is InChI=1S/C28H24N4O3/c1-18-8-9-19(2)25(14-18)32-27(34)23-11-10-20(15-24(23)28(32)35)26(33)29-16-21-6-3-4-7-22(21)17-31-13-5-12-30-31/h3-15H,16-17H2,1-2H3,(H,29,33).